The summed E-state index contributed by atoms with van der Waals surface area (Å²) in [7, 11) is -3.58. The fraction of sp³-hybridized carbons (Fsp3) is 0.545. The van der Waals surface area contributed by atoms with Crippen LogP contribution in [0.2, 0.25) is 0 Å². The molecule has 0 bridgehead atoms. The molecule has 1 atom stereocenters. The maximum Gasteiger partial charge on any atom is 0.242 e. The van der Waals surface area contributed by atoms with Crippen LogP contribution in [0, 0.1) is 5.92 Å². The number of halogens is 2. The third-order valence-corrected chi connectivity index (χ3v) is 5.27. The van der Waals surface area contributed by atoms with Gasteiger partial charge in [0.25, 0.3) is 0 Å². The van der Waals surface area contributed by atoms with E-state index in [1.807, 2.05) is 6.92 Å². The van der Waals surface area contributed by atoms with E-state index < -0.39 is 15.6 Å². The Kier molecular flexibility index (Phi) is 5.36. The maximum atomic E-state index is 12.3. The van der Waals surface area contributed by atoms with Crippen molar-refractivity contribution in [3.63, 3.8) is 0 Å². The zero-order valence-electron chi connectivity index (χ0n) is 10.5. The van der Waals surface area contributed by atoms with Crippen molar-refractivity contribution in [2.75, 3.05) is 6.54 Å². The molecule has 1 heterocycles. The molecule has 0 radical (unpaired) electrons. The molecule has 1 aromatic rings. The summed E-state index contributed by atoms with van der Waals surface area (Å²) in [4.78, 5) is 4.02. The molecule has 1 saturated carbocycles. The summed E-state index contributed by atoms with van der Waals surface area (Å²) in [5.74, 6) is 0.331. The van der Waals surface area contributed by atoms with Gasteiger partial charge >= 0.3 is 0 Å². The molecule has 1 aliphatic carbocycles. The number of hydrogen-bond acceptors (Lipinski definition) is 4. The lowest BCUT2D eigenvalue weighted by atomic mass is 9.98. The highest BCUT2D eigenvalue weighted by Crippen LogP contribution is 2.39. The second kappa shape index (κ2) is 6.05. The first-order valence-electron chi connectivity index (χ1n) is 5.72. The molecule has 1 fully saturated rings. The lowest BCUT2D eigenvalue weighted by Crippen LogP contribution is -2.52. The Morgan fingerprint density at radius 2 is 2.16 bits per heavy atom. The first kappa shape index (κ1) is 16.8. The molecule has 0 saturated heterocycles. The molecule has 1 unspecified atom stereocenters. The minimum absolute atomic E-state index is 0. The molecule has 5 nitrogen and oxygen atoms in total. The van der Waals surface area contributed by atoms with Crippen LogP contribution >= 0.6 is 28.3 Å². The number of hydrogen-bond donors (Lipinski definition) is 2. The van der Waals surface area contributed by atoms with E-state index in [1.165, 1.54) is 12.3 Å². The number of rotatable bonds is 5. The molecule has 0 amide bonds. The molecule has 108 valence electrons. The average molecular weight is 371 g/mol. The monoisotopic (exact) mass is 369 g/mol. The van der Waals surface area contributed by atoms with E-state index >= 15 is 0 Å². The lowest BCUT2D eigenvalue weighted by molar-refractivity contribution is 0.374. The standard InChI is InChI=1S/C11H16BrN3O2S.ClH/c1-11(7-13,8-2-3-8)15-18(16,17)10-4-9(12)5-14-6-10;/h4-6,8,15H,2-3,7,13H2,1H3;1H. The second-order valence-electron chi connectivity index (χ2n) is 4.84. The molecular formula is C11H17BrClN3O2S. The van der Waals surface area contributed by atoms with Crippen LogP contribution in [-0.4, -0.2) is 25.5 Å². The highest BCUT2D eigenvalue weighted by Gasteiger charge is 2.43. The van der Waals surface area contributed by atoms with Gasteiger partial charge in [0, 0.05) is 29.0 Å². The van der Waals surface area contributed by atoms with E-state index in [1.54, 1.807) is 6.20 Å². The van der Waals surface area contributed by atoms with Crippen molar-refractivity contribution in [1.29, 1.82) is 0 Å². The Morgan fingerprint density at radius 3 is 2.63 bits per heavy atom. The van der Waals surface area contributed by atoms with Gasteiger partial charge in [-0.15, -0.1) is 12.4 Å². The minimum Gasteiger partial charge on any atom is -0.329 e. The van der Waals surface area contributed by atoms with Crippen LogP contribution in [0.15, 0.2) is 27.8 Å². The Bertz CT molecular complexity index is 551. The highest BCUT2D eigenvalue weighted by molar-refractivity contribution is 9.10. The highest BCUT2D eigenvalue weighted by atomic mass is 79.9. The molecule has 1 aliphatic rings. The molecule has 1 aromatic heterocycles. The SMILES string of the molecule is CC(CN)(NS(=O)(=O)c1cncc(Br)c1)C1CC1.Cl. The molecular weight excluding hydrogens is 354 g/mol. The molecule has 8 heteroatoms. The number of aromatic nitrogens is 1. The summed E-state index contributed by atoms with van der Waals surface area (Å²) in [5, 5.41) is 0. The first-order chi connectivity index (χ1) is 8.37. The van der Waals surface area contributed by atoms with Gasteiger partial charge in [0.05, 0.1) is 0 Å². The van der Waals surface area contributed by atoms with E-state index in [4.69, 9.17) is 5.73 Å². The molecule has 3 N–H and O–H groups in total. The number of nitrogens with one attached hydrogen (secondary N) is 1. The largest absolute Gasteiger partial charge is 0.329 e. The molecule has 19 heavy (non-hydrogen) atoms. The summed E-state index contributed by atoms with van der Waals surface area (Å²) >= 11 is 3.21. The number of nitrogens with two attached hydrogens (primary N) is 1. The minimum atomic E-state index is -3.58. The molecule has 0 aliphatic heterocycles. The smallest absolute Gasteiger partial charge is 0.242 e. The van der Waals surface area contributed by atoms with Gasteiger partial charge in [-0.25, -0.2) is 13.1 Å². The summed E-state index contributed by atoms with van der Waals surface area (Å²) in [6, 6.07) is 1.53. The topological polar surface area (TPSA) is 85.1 Å². The van der Waals surface area contributed by atoms with Crippen molar-refractivity contribution in [3.8, 4) is 0 Å². The van der Waals surface area contributed by atoms with Gasteiger partial charge in [0.15, 0.2) is 0 Å². The van der Waals surface area contributed by atoms with Crippen LogP contribution in [0.3, 0.4) is 0 Å². The van der Waals surface area contributed by atoms with Gasteiger partial charge in [-0.3, -0.25) is 4.98 Å². The van der Waals surface area contributed by atoms with Crippen molar-refractivity contribution < 1.29 is 8.42 Å². The lowest BCUT2D eigenvalue weighted by Gasteiger charge is -2.29. The van der Waals surface area contributed by atoms with E-state index in [2.05, 4.69) is 25.6 Å². The molecule has 2 rings (SSSR count). The predicted octanol–water partition coefficient (Wildman–Crippen LogP) is 1.67. The second-order valence-corrected chi connectivity index (χ2v) is 7.44. The van der Waals surface area contributed by atoms with Crippen LogP contribution in [0.25, 0.3) is 0 Å². The van der Waals surface area contributed by atoms with Crippen molar-refractivity contribution in [2.45, 2.75) is 30.2 Å². The summed E-state index contributed by atoms with van der Waals surface area (Å²) in [6.07, 6.45) is 4.92. The summed E-state index contributed by atoms with van der Waals surface area (Å²) in [6.45, 7) is 2.14. The number of sulfonamides is 1. The van der Waals surface area contributed by atoms with Gasteiger partial charge in [-0.1, -0.05) is 0 Å². The third kappa shape index (κ3) is 3.88. The van der Waals surface area contributed by atoms with Gasteiger partial charge in [0.2, 0.25) is 10.0 Å². The van der Waals surface area contributed by atoms with Crippen LogP contribution in [-0.2, 0) is 10.0 Å². The molecule has 0 spiro atoms. The van der Waals surface area contributed by atoms with Crippen LogP contribution in [0.1, 0.15) is 19.8 Å². The van der Waals surface area contributed by atoms with E-state index in [0.29, 0.717) is 16.9 Å². The van der Waals surface area contributed by atoms with E-state index in [-0.39, 0.29) is 17.3 Å². The van der Waals surface area contributed by atoms with Gasteiger partial charge in [0.1, 0.15) is 4.90 Å². The Morgan fingerprint density at radius 1 is 1.53 bits per heavy atom. The average Bonchev–Trinajstić information content (AvgIpc) is 3.12. The summed E-state index contributed by atoms with van der Waals surface area (Å²) in [5.41, 5.74) is 5.14. The van der Waals surface area contributed by atoms with E-state index in [9.17, 15) is 8.42 Å². The van der Waals surface area contributed by atoms with Gasteiger partial charge in [-0.2, -0.15) is 0 Å². The van der Waals surface area contributed by atoms with Crippen molar-refractivity contribution in [1.82, 2.24) is 9.71 Å². The summed E-state index contributed by atoms with van der Waals surface area (Å²) < 4.78 is 27.9. The fourth-order valence-electron chi connectivity index (χ4n) is 1.92. The van der Waals surface area contributed by atoms with Crippen LogP contribution < -0.4 is 10.5 Å². The van der Waals surface area contributed by atoms with Crippen molar-refractivity contribution in [3.05, 3.63) is 22.9 Å². The quantitative estimate of drug-likeness (QED) is 0.825. The number of nitrogens with zero attached hydrogens (tertiary/aromatic N) is 1. The van der Waals surface area contributed by atoms with Crippen molar-refractivity contribution in [2.24, 2.45) is 11.7 Å². The Hall–Kier alpha value is -0.210. The number of pyridine rings is 1. The normalized spacial score (nSPS) is 18.5. The van der Waals surface area contributed by atoms with Crippen molar-refractivity contribution >= 4 is 38.4 Å². The maximum absolute atomic E-state index is 12.3. The zero-order valence-corrected chi connectivity index (χ0v) is 13.7. The Labute approximate surface area is 128 Å². The van der Waals surface area contributed by atoms with Gasteiger partial charge in [-0.05, 0) is 47.7 Å². The van der Waals surface area contributed by atoms with E-state index in [0.717, 1.165) is 12.8 Å². The van der Waals surface area contributed by atoms with Crippen LogP contribution in [0.4, 0.5) is 0 Å². The van der Waals surface area contributed by atoms with Gasteiger partial charge < -0.3 is 5.73 Å². The van der Waals surface area contributed by atoms with Crippen LogP contribution in [0.5, 0.6) is 0 Å². The zero-order chi connectivity index (χ0) is 13.4. The Balaban J connectivity index is 0.00000180. The fourth-order valence-corrected chi connectivity index (χ4v) is 3.90. The third-order valence-electron chi connectivity index (χ3n) is 3.26. The molecule has 0 aromatic carbocycles. The predicted molar refractivity (Wildman–Crippen MR) is 79.7 cm³/mol. The first-order valence-corrected chi connectivity index (χ1v) is 7.99.